The molecule has 0 aliphatic carbocycles. The van der Waals surface area contributed by atoms with Gasteiger partial charge in [0, 0.05) is 71.2 Å². The fourth-order valence-corrected chi connectivity index (χ4v) is 4.88. The average Bonchev–Trinajstić information content (AvgIpc) is 3.61. The average molecular weight is 539 g/mol. The van der Waals surface area contributed by atoms with E-state index in [9.17, 15) is 18.4 Å². The molecule has 0 aliphatic rings. The molecule has 40 heavy (non-hydrogen) atoms. The van der Waals surface area contributed by atoms with Gasteiger partial charge in [-0.05, 0) is 54.4 Å². The van der Waals surface area contributed by atoms with Crippen molar-refractivity contribution in [2.75, 3.05) is 6.54 Å². The number of benzene rings is 3. The monoisotopic (exact) mass is 538 g/mol. The normalized spacial score (nSPS) is 11.3. The second-order valence-corrected chi connectivity index (χ2v) is 9.48. The van der Waals surface area contributed by atoms with Gasteiger partial charge >= 0.3 is 0 Å². The van der Waals surface area contributed by atoms with Gasteiger partial charge in [-0.2, -0.15) is 0 Å². The van der Waals surface area contributed by atoms with Crippen LogP contribution in [0.2, 0.25) is 0 Å². The number of hydrogen-bond acceptors (Lipinski definition) is 3. The quantitative estimate of drug-likeness (QED) is 0.231. The molecule has 6 aromatic rings. The molecular formula is C31H24F2N4O3. The minimum atomic E-state index is -0.864. The number of carbonyl (C=O) groups excluding carboxylic acids is 1. The smallest absolute Gasteiger partial charge is 0.274 e. The first kappa shape index (κ1) is 25.1. The molecule has 6 rings (SSSR count). The number of amides is 1. The SMILES string of the molecule is Cn1cc(-c2cc(C(=O)NCCc3c[nH]c4ccccc34)ccc2Oc2ccc(F)cc2F)c2cc[nH]c2c1=O. The summed E-state index contributed by atoms with van der Waals surface area (Å²) >= 11 is 0. The van der Waals surface area contributed by atoms with Crippen LogP contribution in [0, 0.1) is 11.6 Å². The molecule has 0 unspecified atom stereocenters. The summed E-state index contributed by atoms with van der Waals surface area (Å²) in [5.41, 5.74) is 3.72. The predicted molar refractivity (Wildman–Crippen MR) is 150 cm³/mol. The van der Waals surface area contributed by atoms with Crippen molar-refractivity contribution in [3.63, 3.8) is 0 Å². The number of para-hydroxylation sites is 1. The lowest BCUT2D eigenvalue weighted by atomic mass is 10.00. The summed E-state index contributed by atoms with van der Waals surface area (Å²) in [4.78, 5) is 32.0. The molecule has 0 radical (unpaired) electrons. The summed E-state index contributed by atoms with van der Waals surface area (Å²) in [6, 6.07) is 17.6. The number of aromatic nitrogens is 3. The first-order valence-corrected chi connectivity index (χ1v) is 12.7. The molecule has 0 aliphatic heterocycles. The summed E-state index contributed by atoms with van der Waals surface area (Å²) in [7, 11) is 1.62. The molecule has 3 heterocycles. The van der Waals surface area contributed by atoms with E-state index < -0.39 is 11.6 Å². The molecule has 3 N–H and O–H groups in total. The molecule has 3 aromatic carbocycles. The van der Waals surface area contributed by atoms with Crippen LogP contribution in [0.1, 0.15) is 15.9 Å². The zero-order valence-electron chi connectivity index (χ0n) is 21.4. The number of hydrogen-bond donors (Lipinski definition) is 3. The minimum absolute atomic E-state index is 0.172. The van der Waals surface area contributed by atoms with Gasteiger partial charge in [-0.3, -0.25) is 9.59 Å². The molecular weight excluding hydrogens is 514 g/mol. The Morgan fingerprint density at radius 2 is 1.77 bits per heavy atom. The number of carbonyl (C=O) groups is 1. The van der Waals surface area contributed by atoms with Crippen LogP contribution >= 0.6 is 0 Å². The van der Waals surface area contributed by atoms with E-state index in [2.05, 4.69) is 15.3 Å². The fourth-order valence-electron chi connectivity index (χ4n) is 4.88. The third-order valence-electron chi connectivity index (χ3n) is 6.89. The third kappa shape index (κ3) is 4.62. The van der Waals surface area contributed by atoms with E-state index in [0.29, 0.717) is 40.6 Å². The van der Waals surface area contributed by atoms with Gasteiger partial charge in [-0.15, -0.1) is 0 Å². The van der Waals surface area contributed by atoms with E-state index in [1.165, 1.54) is 10.6 Å². The molecule has 0 bridgehead atoms. The first-order valence-electron chi connectivity index (χ1n) is 12.7. The van der Waals surface area contributed by atoms with Crippen molar-refractivity contribution >= 4 is 27.7 Å². The van der Waals surface area contributed by atoms with E-state index in [1.54, 1.807) is 43.7 Å². The fraction of sp³-hybridized carbons (Fsp3) is 0.0968. The number of halogens is 2. The molecule has 9 heteroatoms. The van der Waals surface area contributed by atoms with Crippen molar-refractivity contribution in [1.82, 2.24) is 19.9 Å². The van der Waals surface area contributed by atoms with Gasteiger partial charge < -0.3 is 24.6 Å². The number of pyridine rings is 1. The molecule has 1 amide bonds. The number of fused-ring (bicyclic) bond motifs is 2. The number of ether oxygens (including phenoxy) is 1. The molecule has 200 valence electrons. The third-order valence-corrected chi connectivity index (χ3v) is 6.89. The number of rotatable bonds is 7. The Labute approximate surface area is 227 Å². The van der Waals surface area contributed by atoms with Crippen molar-refractivity contribution in [2.24, 2.45) is 7.05 Å². The maximum Gasteiger partial charge on any atom is 0.274 e. The summed E-state index contributed by atoms with van der Waals surface area (Å²) in [5.74, 6) is -1.82. The zero-order valence-corrected chi connectivity index (χ0v) is 21.4. The Bertz CT molecular complexity index is 1950. The van der Waals surface area contributed by atoms with Crippen molar-refractivity contribution < 1.29 is 18.3 Å². The van der Waals surface area contributed by atoms with Gasteiger partial charge in [0.2, 0.25) is 0 Å². The van der Waals surface area contributed by atoms with Gasteiger partial charge in [0.15, 0.2) is 11.6 Å². The standard InChI is InChI=1S/C31H24F2N4O3/c1-37-17-24(22-11-13-34-29(22)31(37)39)23-14-18(6-8-27(23)40-28-9-7-20(32)15-25(28)33)30(38)35-12-10-19-16-36-26-5-3-2-4-21(19)26/h2-9,11,13-17,34,36H,10,12H2,1H3,(H,35,38). The first-order chi connectivity index (χ1) is 19.4. The van der Waals surface area contributed by atoms with E-state index in [0.717, 1.165) is 28.6 Å². The highest BCUT2D eigenvalue weighted by Gasteiger charge is 2.19. The largest absolute Gasteiger partial charge is 0.454 e. The van der Waals surface area contributed by atoms with Crippen LogP contribution in [0.3, 0.4) is 0 Å². The van der Waals surface area contributed by atoms with Gasteiger partial charge in [0.25, 0.3) is 11.5 Å². The molecule has 7 nitrogen and oxygen atoms in total. The number of aromatic amines is 2. The number of nitrogens with zero attached hydrogens (tertiary/aromatic N) is 1. The summed E-state index contributed by atoms with van der Waals surface area (Å²) in [5, 5.41) is 4.69. The lowest BCUT2D eigenvalue weighted by molar-refractivity contribution is 0.0954. The molecule has 0 saturated carbocycles. The van der Waals surface area contributed by atoms with Crippen LogP contribution in [0.25, 0.3) is 32.9 Å². The zero-order chi connectivity index (χ0) is 27.8. The van der Waals surface area contributed by atoms with Crippen molar-refractivity contribution in [1.29, 1.82) is 0 Å². The molecule has 0 saturated heterocycles. The van der Waals surface area contributed by atoms with Gasteiger partial charge in [-0.1, -0.05) is 18.2 Å². The highest BCUT2D eigenvalue weighted by Crippen LogP contribution is 2.38. The highest BCUT2D eigenvalue weighted by molar-refractivity contribution is 6.00. The molecule has 0 spiro atoms. The summed E-state index contributed by atoms with van der Waals surface area (Å²) in [6.45, 7) is 0.414. The topological polar surface area (TPSA) is 91.9 Å². The Balaban J connectivity index is 1.34. The van der Waals surface area contributed by atoms with E-state index in [4.69, 9.17) is 4.74 Å². The van der Waals surface area contributed by atoms with Crippen molar-refractivity contribution in [3.8, 4) is 22.6 Å². The van der Waals surface area contributed by atoms with Crippen molar-refractivity contribution in [2.45, 2.75) is 6.42 Å². The second-order valence-electron chi connectivity index (χ2n) is 9.48. The van der Waals surface area contributed by atoms with Crippen LogP contribution in [-0.2, 0) is 13.5 Å². The summed E-state index contributed by atoms with van der Waals surface area (Å²) in [6.07, 6.45) is 5.87. The van der Waals surface area contributed by atoms with Crippen LogP contribution in [0.4, 0.5) is 8.78 Å². The van der Waals surface area contributed by atoms with Gasteiger partial charge in [0.1, 0.15) is 17.1 Å². The van der Waals surface area contributed by atoms with Crippen LogP contribution in [0.5, 0.6) is 11.5 Å². The minimum Gasteiger partial charge on any atom is -0.454 e. The maximum atomic E-state index is 14.5. The predicted octanol–water partition coefficient (Wildman–Crippen LogP) is 6.06. The van der Waals surface area contributed by atoms with Crippen molar-refractivity contribution in [3.05, 3.63) is 118 Å². The molecule has 0 fully saturated rings. The van der Waals surface area contributed by atoms with E-state index >= 15 is 0 Å². The van der Waals surface area contributed by atoms with Crippen LogP contribution in [0.15, 0.2) is 90.1 Å². The maximum absolute atomic E-state index is 14.5. The lowest BCUT2D eigenvalue weighted by Crippen LogP contribution is -2.25. The second kappa shape index (κ2) is 10.2. The van der Waals surface area contributed by atoms with E-state index in [-0.39, 0.29) is 23.0 Å². The Morgan fingerprint density at radius 1 is 0.950 bits per heavy atom. The Hall–Kier alpha value is -5.18. The van der Waals surface area contributed by atoms with E-state index in [1.807, 2.05) is 30.5 Å². The Kier molecular flexibility index (Phi) is 6.39. The number of H-pyrrole nitrogens is 2. The highest BCUT2D eigenvalue weighted by atomic mass is 19.1. The Morgan fingerprint density at radius 3 is 2.62 bits per heavy atom. The molecule has 3 aromatic heterocycles. The number of nitrogens with one attached hydrogen (secondary N) is 3. The summed E-state index contributed by atoms with van der Waals surface area (Å²) < 4.78 is 35.3. The van der Waals surface area contributed by atoms with Gasteiger partial charge in [0.05, 0.1) is 0 Å². The number of aryl methyl sites for hydroxylation is 1. The molecule has 0 atom stereocenters. The lowest BCUT2D eigenvalue weighted by Gasteiger charge is -2.15. The van der Waals surface area contributed by atoms with Crippen LogP contribution in [-0.4, -0.2) is 27.0 Å². The van der Waals surface area contributed by atoms with Gasteiger partial charge in [-0.25, -0.2) is 8.78 Å². The van der Waals surface area contributed by atoms with Crippen LogP contribution < -0.4 is 15.6 Å².